The Bertz CT molecular complexity index is 730. The fraction of sp³-hybridized carbons (Fsp3) is 0.538. The standard InChI is InChI=1S/C13H21N5O2S/c1-5-17-9-12(10(3)16-17)7-15-21(19,20)13-8-14-18(6-2)11(13)4/h8-9,15H,5-7H2,1-4H3. The van der Waals surface area contributed by atoms with E-state index >= 15 is 0 Å². The molecular formula is C13H21N5O2S. The molecule has 21 heavy (non-hydrogen) atoms. The van der Waals surface area contributed by atoms with Crippen molar-refractivity contribution in [3.63, 3.8) is 0 Å². The third-order valence-electron chi connectivity index (χ3n) is 3.47. The van der Waals surface area contributed by atoms with Gasteiger partial charge in [-0.15, -0.1) is 0 Å². The topological polar surface area (TPSA) is 81.8 Å². The minimum Gasteiger partial charge on any atom is -0.272 e. The van der Waals surface area contributed by atoms with Gasteiger partial charge in [0, 0.05) is 31.4 Å². The Morgan fingerprint density at radius 3 is 2.48 bits per heavy atom. The lowest BCUT2D eigenvalue weighted by molar-refractivity contribution is 0.579. The fourth-order valence-electron chi connectivity index (χ4n) is 2.16. The van der Waals surface area contributed by atoms with E-state index in [1.807, 2.05) is 27.0 Å². The van der Waals surface area contributed by atoms with E-state index in [-0.39, 0.29) is 11.4 Å². The van der Waals surface area contributed by atoms with Gasteiger partial charge in [-0.2, -0.15) is 10.2 Å². The van der Waals surface area contributed by atoms with Crippen LogP contribution in [-0.2, 0) is 29.7 Å². The summed E-state index contributed by atoms with van der Waals surface area (Å²) in [7, 11) is -3.56. The van der Waals surface area contributed by atoms with Gasteiger partial charge in [-0.3, -0.25) is 9.36 Å². The quantitative estimate of drug-likeness (QED) is 0.869. The zero-order valence-corrected chi connectivity index (χ0v) is 13.6. The van der Waals surface area contributed by atoms with Crippen LogP contribution in [0.4, 0.5) is 0 Å². The Kier molecular flexibility index (Phi) is 4.48. The normalized spacial score (nSPS) is 12.0. The second kappa shape index (κ2) is 5.98. The van der Waals surface area contributed by atoms with E-state index in [0.29, 0.717) is 12.2 Å². The zero-order valence-electron chi connectivity index (χ0n) is 12.8. The Morgan fingerprint density at radius 2 is 1.95 bits per heavy atom. The highest BCUT2D eigenvalue weighted by Gasteiger charge is 2.20. The summed E-state index contributed by atoms with van der Waals surface area (Å²) in [6.07, 6.45) is 3.25. The van der Waals surface area contributed by atoms with E-state index in [9.17, 15) is 8.42 Å². The molecule has 0 radical (unpaired) electrons. The van der Waals surface area contributed by atoms with Crippen LogP contribution in [0.3, 0.4) is 0 Å². The summed E-state index contributed by atoms with van der Waals surface area (Å²) >= 11 is 0. The molecule has 0 atom stereocenters. The number of nitrogens with one attached hydrogen (secondary N) is 1. The number of hydrogen-bond donors (Lipinski definition) is 1. The van der Waals surface area contributed by atoms with Crippen molar-refractivity contribution in [1.82, 2.24) is 24.3 Å². The Balaban J connectivity index is 2.17. The third kappa shape index (κ3) is 3.16. The van der Waals surface area contributed by atoms with Crippen LogP contribution in [0.25, 0.3) is 0 Å². The number of rotatable bonds is 6. The van der Waals surface area contributed by atoms with Gasteiger partial charge in [0.1, 0.15) is 4.90 Å². The first-order valence-corrected chi connectivity index (χ1v) is 8.42. The predicted molar refractivity (Wildman–Crippen MR) is 79.3 cm³/mol. The molecule has 0 aliphatic heterocycles. The molecule has 116 valence electrons. The van der Waals surface area contributed by atoms with Crippen LogP contribution >= 0.6 is 0 Å². The maximum Gasteiger partial charge on any atom is 0.244 e. The molecule has 0 aliphatic rings. The second-order valence-corrected chi connectivity index (χ2v) is 6.57. The molecule has 1 N–H and O–H groups in total. The summed E-state index contributed by atoms with van der Waals surface area (Å²) < 4.78 is 30.8. The van der Waals surface area contributed by atoms with Crippen LogP contribution in [0.5, 0.6) is 0 Å². The fourth-order valence-corrected chi connectivity index (χ4v) is 3.34. The minimum atomic E-state index is -3.56. The van der Waals surface area contributed by atoms with Gasteiger partial charge in [0.2, 0.25) is 10.0 Å². The summed E-state index contributed by atoms with van der Waals surface area (Å²) in [5.41, 5.74) is 2.35. The summed E-state index contributed by atoms with van der Waals surface area (Å²) in [6, 6.07) is 0. The Morgan fingerprint density at radius 1 is 1.24 bits per heavy atom. The molecule has 2 aromatic heterocycles. The average molecular weight is 311 g/mol. The number of aryl methyl sites for hydroxylation is 3. The second-order valence-electron chi connectivity index (χ2n) is 4.83. The van der Waals surface area contributed by atoms with Crippen LogP contribution < -0.4 is 4.72 Å². The van der Waals surface area contributed by atoms with Crippen molar-refractivity contribution in [2.24, 2.45) is 0 Å². The summed E-state index contributed by atoms with van der Waals surface area (Å²) in [5.74, 6) is 0. The summed E-state index contributed by atoms with van der Waals surface area (Å²) in [6.45, 7) is 9.17. The lowest BCUT2D eigenvalue weighted by atomic mass is 10.3. The van der Waals surface area contributed by atoms with Crippen LogP contribution in [0.1, 0.15) is 30.8 Å². The van der Waals surface area contributed by atoms with Crippen LogP contribution in [-0.4, -0.2) is 28.0 Å². The van der Waals surface area contributed by atoms with E-state index in [1.54, 1.807) is 16.3 Å². The Hall–Kier alpha value is -1.67. The van der Waals surface area contributed by atoms with Gasteiger partial charge in [-0.25, -0.2) is 13.1 Å². The maximum atomic E-state index is 12.4. The summed E-state index contributed by atoms with van der Waals surface area (Å²) in [4.78, 5) is 0.227. The van der Waals surface area contributed by atoms with Gasteiger partial charge in [0.05, 0.1) is 17.6 Å². The smallest absolute Gasteiger partial charge is 0.244 e. The van der Waals surface area contributed by atoms with Crippen molar-refractivity contribution >= 4 is 10.0 Å². The highest BCUT2D eigenvalue weighted by atomic mass is 32.2. The number of nitrogens with zero attached hydrogens (tertiary/aromatic N) is 4. The van der Waals surface area contributed by atoms with Gasteiger partial charge in [0.25, 0.3) is 0 Å². The molecule has 8 heteroatoms. The monoisotopic (exact) mass is 311 g/mol. The zero-order chi connectivity index (χ0) is 15.6. The van der Waals surface area contributed by atoms with Crippen molar-refractivity contribution in [2.75, 3.05) is 0 Å². The van der Waals surface area contributed by atoms with Crippen LogP contribution in [0.2, 0.25) is 0 Å². The number of aromatic nitrogens is 4. The van der Waals surface area contributed by atoms with Crippen molar-refractivity contribution < 1.29 is 8.42 Å². The van der Waals surface area contributed by atoms with Crippen LogP contribution in [0, 0.1) is 13.8 Å². The molecular weight excluding hydrogens is 290 g/mol. The van der Waals surface area contributed by atoms with Gasteiger partial charge < -0.3 is 0 Å². The molecule has 7 nitrogen and oxygen atoms in total. The number of hydrogen-bond acceptors (Lipinski definition) is 4. The lowest BCUT2D eigenvalue weighted by Crippen LogP contribution is -2.24. The van der Waals surface area contributed by atoms with Gasteiger partial charge in [-0.05, 0) is 27.7 Å². The molecule has 0 saturated heterocycles. The van der Waals surface area contributed by atoms with E-state index in [1.165, 1.54) is 6.20 Å². The minimum absolute atomic E-state index is 0.227. The maximum absolute atomic E-state index is 12.4. The molecule has 2 heterocycles. The lowest BCUT2D eigenvalue weighted by Gasteiger charge is -2.06. The highest BCUT2D eigenvalue weighted by molar-refractivity contribution is 7.89. The van der Waals surface area contributed by atoms with E-state index < -0.39 is 10.0 Å². The Labute approximate surface area is 125 Å². The molecule has 2 aromatic rings. The van der Waals surface area contributed by atoms with Crippen molar-refractivity contribution in [3.05, 3.63) is 29.3 Å². The highest BCUT2D eigenvalue weighted by Crippen LogP contribution is 2.15. The molecule has 0 saturated carbocycles. The first-order valence-electron chi connectivity index (χ1n) is 6.94. The van der Waals surface area contributed by atoms with Crippen molar-refractivity contribution in [1.29, 1.82) is 0 Å². The SMILES string of the molecule is CCn1cc(CNS(=O)(=O)c2cnn(CC)c2C)c(C)n1. The first kappa shape index (κ1) is 15.7. The molecule has 0 aromatic carbocycles. The van der Waals surface area contributed by atoms with E-state index in [4.69, 9.17) is 0 Å². The van der Waals surface area contributed by atoms with E-state index in [2.05, 4.69) is 14.9 Å². The molecule has 2 rings (SSSR count). The molecule has 0 spiro atoms. The predicted octanol–water partition coefficient (Wildman–Crippen LogP) is 1.21. The van der Waals surface area contributed by atoms with Crippen molar-refractivity contribution in [3.8, 4) is 0 Å². The van der Waals surface area contributed by atoms with Crippen LogP contribution in [0.15, 0.2) is 17.3 Å². The molecule has 0 aliphatic carbocycles. The molecule has 0 fully saturated rings. The first-order chi connectivity index (χ1) is 9.89. The molecule has 0 bridgehead atoms. The molecule has 0 unspecified atom stereocenters. The van der Waals surface area contributed by atoms with Gasteiger partial charge in [0.15, 0.2) is 0 Å². The van der Waals surface area contributed by atoms with Crippen molar-refractivity contribution in [2.45, 2.75) is 52.2 Å². The number of sulfonamides is 1. The average Bonchev–Trinajstić information content (AvgIpc) is 2.99. The van der Waals surface area contributed by atoms with Gasteiger partial charge >= 0.3 is 0 Å². The summed E-state index contributed by atoms with van der Waals surface area (Å²) in [5, 5.41) is 8.37. The van der Waals surface area contributed by atoms with E-state index in [0.717, 1.165) is 17.8 Å². The van der Waals surface area contributed by atoms with Gasteiger partial charge in [-0.1, -0.05) is 0 Å². The molecule has 0 amide bonds. The largest absolute Gasteiger partial charge is 0.272 e. The third-order valence-corrected chi connectivity index (χ3v) is 4.98.